The lowest BCUT2D eigenvalue weighted by atomic mass is 9.90. The third-order valence-corrected chi connectivity index (χ3v) is 6.68. The summed E-state index contributed by atoms with van der Waals surface area (Å²) < 4.78 is 69.6. The number of hydrogen-bond donors (Lipinski definition) is 1. The Hall–Kier alpha value is -2.30. The predicted octanol–water partition coefficient (Wildman–Crippen LogP) is 6.15. The van der Waals surface area contributed by atoms with Crippen LogP contribution in [0.1, 0.15) is 22.6 Å². The molecule has 0 saturated carbocycles. The van der Waals surface area contributed by atoms with Crippen molar-refractivity contribution in [3.05, 3.63) is 87.4 Å². The zero-order valence-corrected chi connectivity index (χ0v) is 20.4. The molecule has 0 spiro atoms. The Balaban J connectivity index is 2.13. The monoisotopic (exact) mass is 532 g/mol. The summed E-state index contributed by atoms with van der Waals surface area (Å²) in [6, 6.07) is 13.4. The largest absolute Gasteiger partial charge is 0.457 e. The lowest BCUT2D eigenvalue weighted by molar-refractivity contribution is -0.137. The van der Waals surface area contributed by atoms with E-state index in [1.54, 1.807) is 18.2 Å². The Bertz CT molecular complexity index is 1300. The van der Waals surface area contributed by atoms with Crippen LogP contribution in [0, 0.1) is 0 Å². The molecule has 0 aliphatic rings. The van der Waals surface area contributed by atoms with Gasteiger partial charge in [-0.1, -0.05) is 35.3 Å². The summed E-state index contributed by atoms with van der Waals surface area (Å²) in [4.78, 5) is 1.71. The second-order valence-corrected chi connectivity index (χ2v) is 10.2. The fourth-order valence-electron chi connectivity index (χ4n) is 3.47. The molecule has 0 aromatic heterocycles. The van der Waals surface area contributed by atoms with Crippen molar-refractivity contribution in [3.63, 3.8) is 0 Å². The average Bonchev–Trinajstić information content (AvgIpc) is 2.73. The van der Waals surface area contributed by atoms with Gasteiger partial charge in [0.15, 0.2) is 0 Å². The third-order valence-electron chi connectivity index (χ3n) is 4.95. The molecular formula is C23H21Cl2F3N2O3S. The highest BCUT2D eigenvalue weighted by Crippen LogP contribution is 2.37. The molecule has 0 fully saturated rings. The van der Waals surface area contributed by atoms with E-state index >= 15 is 0 Å². The average molecular weight is 533 g/mol. The molecule has 1 unspecified atom stereocenters. The highest BCUT2D eigenvalue weighted by Gasteiger charge is 2.31. The van der Waals surface area contributed by atoms with Gasteiger partial charge in [-0.2, -0.15) is 13.2 Å². The molecule has 3 aromatic rings. The molecule has 0 bridgehead atoms. The SMILES string of the molecule is CN(C)CC(c1ccc(Cl)c(Cl)c1)c1cc(Oc2cccc(C(F)(F)F)c2)ccc1S(N)(=O)=O. The minimum atomic E-state index is -4.54. The van der Waals surface area contributed by atoms with Crippen LogP contribution in [0.3, 0.4) is 0 Å². The molecular weight excluding hydrogens is 512 g/mol. The zero-order valence-electron chi connectivity index (χ0n) is 18.1. The molecule has 0 aliphatic carbocycles. The smallest absolute Gasteiger partial charge is 0.416 e. The Morgan fingerprint density at radius 3 is 2.24 bits per heavy atom. The van der Waals surface area contributed by atoms with E-state index in [2.05, 4.69) is 0 Å². The number of nitrogens with zero attached hydrogens (tertiary/aromatic N) is 1. The first kappa shape index (κ1) is 26.3. The molecule has 0 amide bonds. The van der Waals surface area contributed by atoms with Crippen molar-refractivity contribution in [2.45, 2.75) is 17.0 Å². The molecule has 0 radical (unpaired) electrons. The predicted molar refractivity (Wildman–Crippen MR) is 126 cm³/mol. The van der Waals surface area contributed by atoms with Gasteiger partial charge in [0.1, 0.15) is 11.5 Å². The first-order valence-corrected chi connectivity index (χ1v) is 12.2. The number of likely N-dealkylation sites (N-methyl/N-ethyl adjacent to an activating group) is 1. The third kappa shape index (κ3) is 6.43. The first-order chi connectivity index (χ1) is 15.8. The van der Waals surface area contributed by atoms with E-state index in [4.69, 9.17) is 33.1 Å². The topological polar surface area (TPSA) is 72.6 Å². The molecule has 0 aliphatic heterocycles. The van der Waals surface area contributed by atoms with Crippen molar-refractivity contribution >= 4 is 33.2 Å². The second-order valence-electron chi connectivity index (χ2n) is 7.86. The number of ether oxygens (including phenoxy) is 1. The van der Waals surface area contributed by atoms with Gasteiger partial charge >= 0.3 is 6.18 Å². The second kappa shape index (κ2) is 10.1. The minimum absolute atomic E-state index is 0.0529. The fourth-order valence-corrected chi connectivity index (χ4v) is 4.57. The van der Waals surface area contributed by atoms with Gasteiger partial charge in [0, 0.05) is 12.5 Å². The number of primary sulfonamides is 1. The molecule has 3 aromatic carbocycles. The van der Waals surface area contributed by atoms with Gasteiger partial charge in [0.05, 0.1) is 20.5 Å². The van der Waals surface area contributed by atoms with Crippen molar-refractivity contribution in [1.29, 1.82) is 0 Å². The lowest BCUT2D eigenvalue weighted by Gasteiger charge is -2.25. The summed E-state index contributed by atoms with van der Waals surface area (Å²) in [5, 5.41) is 6.10. The molecule has 5 nitrogen and oxygen atoms in total. The van der Waals surface area contributed by atoms with Gasteiger partial charge in [-0.3, -0.25) is 0 Å². The van der Waals surface area contributed by atoms with Gasteiger partial charge in [-0.15, -0.1) is 0 Å². The van der Waals surface area contributed by atoms with Crippen LogP contribution in [-0.4, -0.2) is 34.0 Å². The summed E-state index contributed by atoms with van der Waals surface area (Å²) in [6.45, 7) is 0.369. The molecule has 0 saturated heterocycles. The highest BCUT2D eigenvalue weighted by atomic mass is 35.5. The Morgan fingerprint density at radius 2 is 1.65 bits per heavy atom. The van der Waals surface area contributed by atoms with E-state index in [0.29, 0.717) is 22.7 Å². The van der Waals surface area contributed by atoms with Crippen molar-refractivity contribution < 1.29 is 26.3 Å². The number of benzene rings is 3. The number of nitrogens with two attached hydrogens (primary N) is 1. The van der Waals surface area contributed by atoms with Crippen molar-refractivity contribution in [1.82, 2.24) is 4.90 Å². The van der Waals surface area contributed by atoms with E-state index in [-0.39, 0.29) is 21.4 Å². The molecule has 3 rings (SSSR count). The summed E-state index contributed by atoms with van der Waals surface area (Å²) in [5.41, 5.74) is 0.107. The van der Waals surface area contributed by atoms with E-state index in [1.807, 2.05) is 19.0 Å². The Morgan fingerprint density at radius 1 is 0.971 bits per heavy atom. The van der Waals surface area contributed by atoms with E-state index < -0.39 is 27.7 Å². The van der Waals surface area contributed by atoms with Crippen molar-refractivity contribution in [2.24, 2.45) is 5.14 Å². The normalized spacial score (nSPS) is 13.2. The first-order valence-electron chi connectivity index (χ1n) is 9.87. The van der Waals surface area contributed by atoms with Crippen LogP contribution in [0.25, 0.3) is 0 Å². The van der Waals surface area contributed by atoms with Crippen molar-refractivity contribution in [2.75, 3.05) is 20.6 Å². The number of hydrogen-bond acceptors (Lipinski definition) is 4. The fraction of sp³-hybridized carbons (Fsp3) is 0.217. The molecule has 182 valence electrons. The van der Waals surface area contributed by atoms with Crippen LogP contribution in [0.5, 0.6) is 11.5 Å². The van der Waals surface area contributed by atoms with Gasteiger partial charge in [0.2, 0.25) is 10.0 Å². The van der Waals surface area contributed by atoms with Gasteiger partial charge in [-0.05, 0) is 73.8 Å². The van der Waals surface area contributed by atoms with E-state index in [1.165, 1.54) is 30.3 Å². The molecule has 2 N–H and O–H groups in total. The van der Waals surface area contributed by atoms with Crippen LogP contribution in [0.2, 0.25) is 10.0 Å². The molecule has 1 atom stereocenters. The summed E-state index contributed by atoms with van der Waals surface area (Å²) in [7, 11) is -0.519. The maximum atomic E-state index is 13.1. The van der Waals surface area contributed by atoms with Crippen LogP contribution >= 0.6 is 23.2 Å². The van der Waals surface area contributed by atoms with Crippen LogP contribution in [0.4, 0.5) is 13.2 Å². The highest BCUT2D eigenvalue weighted by molar-refractivity contribution is 7.89. The maximum absolute atomic E-state index is 13.1. The number of rotatable bonds is 7. The summed E-state index contributed by atoms with van der Waals surface area (Å²) in [6.07, 6.45) is -4.54. The van der Waals surface area contributed by atoms with Crippen molar-refractivity contribution in [3.8, 4) is 11.5 Å². The van der Waals surface area contributed by atoms with Gasteiger partial charge in [-0.25, -0.2) is 13.6 Å². The van der Waals surface area contributed by atoms with Gasteiger partial charge in [0.25, 0.3) is 0 Å². The minimum Gasteiger partial charge on any atom is -0.457 e. The molecule has 34 heavy (non-hydrogen) atoms. The number of alkyl halides is 3. The van der Waals surface area contributed by atoms with Crippen LogP contribution in [-0.2, 0) is 16.2 Å². The summed E-state index contributed by atoms with van der Waals surface area (Å²) in [5.74, 6) is -0.434. The molecule has 11 heteroatoms. The standard InChI is InChI=1S/C23H21Cl2F3N2O3S/c1-30(2)13-19(14-6-8-20(24)21(25)10-14)18-12-17(7-9-22(18)34(29,31)32)33-16-5-3-4-15(11-16)23(26,27)28/h3-12,19H,13H2,1-2H3,(H2,29,31,32). The Kier molecular flexibility index (Phi) is 7.84. The number of sulfonamides is 1. The van der Waals surface area contributed by atoms with Crippen LogP contribution in [0.15, 0.2) is 65.6 Å². The lowest BCUT2D eigenvalue weighted by Crippen LogP contribution is -2.24. The van der Waals surface area contributed by atoms with E-state index in [0.717, 1.165) is 12.1 Å². The van der Waals surface area contributed by atoms with Crippen LogP contribution < -0.4 is 9.88 Å². The zero-order chi connectivity index (χ0) is 25.3. The van der Waals surface area contributed by atoms with Gasteiger partial charge < -0.3 is 9.64 Å². The number of halogens is 5. The van der Waals surface area contributed by atoms with E-state index in [9.17, 15) is 21.6 Å². The molecule has 0 heterocycles. The summed E-state index contributed by atoms with van der Waals surface area (Å²) >= 11 is 12.2. The Labute approximate surface area is 205 Å². The quantitative estimate of drug-likeness (QED) is 0.396. The maximum Gasteiger partial charge on any atom is 0.416 e.